The predicted octanol–water partition coefficient (Wildman–Crippen LogP) is 0.602. The molecule has 2 aliphatic rings. The molecule has 6 heteroatoms. The zero-order valence-corrected chi connectivity index (χ0v) is 11.0. The SMILES string of the molecule is O=C1CC(O)(c2ccccc2)OC2=CC(O)(O)CC(O)=C12. The van der Waals surface area contributed by atoms with Crippen LogP contribution >= 0.6 is 0 Å². The molecule has 21 heavy (non-hydrogen) atoms. The van der Waals surface area contributed by atoms with E-state index < -0.39 is 29.5 Å². The summed E-state index contributed by atoms with van der Waals surface area (Å²) in [5.74, 6) is -5.43. The summed E-state index contributed by atoms with van der Waals surface area (Å²) >= 11 is 0. The summed E-state index contributed by atoms with van der Waals surface area (Å²) in [6.07, 6.45) is 0.0509. The maximum atomic E-state index is 12.2. The molecular weight excluding hydrogens is 276 g/mol. The van der Waals surface area contributed by atoms with Crippen LogP contribution in [-0.2, 0) is 15.3 Å². The molecule has 0 amide bonds. The Bertz CT molecular complexity index is 658. The zero-order valence-electron chi connectivity index (χ0n) is 11.0. The fourth-order valence-corrected chi connectivity index (χ4v) is 2.57. The second-order valence-electron chi connectivity index (χ2n) is 5.24. The van der Waals surface area contributed by atoms with E-state index in [0.717, 1.165) is 6.08 Å². The van der Waals surface area contributed by atoms with E-state index in [1.165, 1.54) is 0 Å². The van der Waals surface area contributed by atoms with Gasteiger partial charge >= 0.3 is 0 Å². The lowest BCUT2D eigenvalue weighted by Gasteiger charge is -2.37. The summed E-state index contributed by atoms with van der Waals surface area (Å²) in [5, 5.41) is 39.6. The standard InChI is InChI=1S/C15H14O6/c16-10-6-14(18,19)8-12-13(10)11(17)7-15(20,21-12)9-4-2-1-3-5-9/h1-5,8,16,18-20H,6-7H2. The lowest BCUT2D eigenvalue weighted by molar-refractivity contribution is -0.203. The molecule has 0 radical (unpaired) electrons. The average Bonchev–Trinajstić information content (AvgIpc) is 2.36. The van der Waals surface area contributed by atoms with Gasteiger partial charge in [-0.3, -0.25) is 4.79 Å². The molecule has 4 N–H and O–H groups in total. The fourth-order valence-electron chi connectivity index (χ4n) is 2.57. The zero-order chi connectivity index (χ0) is 15.3. The van der Waals surface area contributed by atoms with E-state index in [4.69, 9.17) is 4.74 Å². The maximum absolute atomic E-state index is 12.2. The van der Waals surface area contributed by atoms with Crippen molar-refractivity contribution in [2.45, 2.75) is 24.4 Å². The largest absolute Gasteiger partial charge is 0.511 e. The second kappa shape index (κ2) is 4.42. The van der Waals surface area contributed by atoms with Crippen molar-refractivity contribution in [1.82, 2.24) is 0 Å². The first-order valence-electron chi connectivity index (χ1n) is 6.41. The Kier molecular flexibility index (Phi) is 2.91. The Morgan fingerprint density at radius 3 is 2.38 bits per heavy atom. The van der Waals surface area contributed by atoms with Crippen LogP contribution in [0.5, 0.6) is 0 Å². The quantitative estimate of drug-likeness (QED) is 0.564. The van der Waals surface area contributed by atoms with Crippen molar-refractivity contribution in [2.75, 3.05) is 0 Å². The summed E-state index contributed by atoms with van der Waals surface area (Å²) in [6, 6.07) is 8.30. The van der Waals surface area contributed by atoms with Crippen LogP contribution in [0.4, 0.5) is 0 Å². The van der Waals surface area contributed by atoms with Crippen molar-refractivity contribution in [3.63, 3.8) is 0 Å². The number of hydrogen-bond acceptors (Lipinski definition) is 6. The first kappa shape index (κ1) is 13.8. The van der Waals surface area contributed by atoms with E-state index in [0.29, 0.717) is 5.56 Å². The number of ketones is 1. The third-order valence-electron chi connectivity index (χ3n) is 3.51. The van der Waals surface area contributed by atoms with Crippen molar-refractivity contribution in [3.05, 3.63) is 59.1 Å². The van der Waals surface area contributed by atoms with Gasteiger partial charge in [0, 0.05) is 11.6 Å². The number of aliphatic hydroxyl groups is 4. The van der Waals surface area contributed by atoms with Crippen LogP contribution in [-0.4, -0.2) is 32.0 Å². The molecule has 0 spiro atoms. The van der Waals surface area contributed by atoms with Gasteiger partial charge in [0.15, 0.2) is 11.6 Å². The van der Waals surface area contributed by atoms with E-state index in [1.807, 2.05) is 0 Å². The molecule has 1 aromatic carbocycles. The molecule has 6 nitrogen and oxygen atoms in total. The molecule has 0 aromatic heterocycles. The Balaban J connectivity index is 2.05. The first-order valence-corrected chi connectivity index (χ1v) is 6.41. The van der Waals surface area contributed by atoms with Gasteiger partial charge in [0.25, 0.3) is 0 Å². The third kappa shape index (κ3) is 2.33. The highest BCUT2D eigenvalue weighted by Crippen LogP contribution is 2.42. The minimum absolute atomic E-state index is 0.116. The number of allylic oxidation sites excluding steroid dienone is 1. The lowest BCUT2D eigenvalue weighted by Crippen LogP contribution is -2.41. The van der Waals surface area contributed by atoms with Crippen LogP contribution in [0.1, 0.15) is 18.4 Å². The van der Waals surface area contributed by atoms with Gasteiger partial charge in [-0.05, 0) is 0 Å². The van der Waals surface area contributed by atoms with Crippen molar-refractivity contribution < 1.29 is 30.0 Å². The number of rotatable bonds is 1. The summed E-state index contributed by atoms with van der Waals surface area (Å²) in [5.41, 5.74) is 0.249. The Morgan fingerprint density at radius 2 is 1.71 bits per heavy atom. The van der Waals surface area contributed by atoms with Crippen LogP contribution in [0.15, 0.2) is 53.5 Å². The molecule has 0 bridgehead atoms. The van der Waals surface area contributed by atoms with Gasteiger partial charge in [-0.2, -0.15) is 0 Å². The van der Waals surface area contributed by atoms with E-state index in [1.54, 1.807) is 30.3 Å². The molecule has 1 saturated heterocycles. The molecule has 1 fully saturated rings. The molecule has 110 valence electrons. The molecule has 0 saturated carbocycles. The van der Waals surface area contributed by atoms with Gasteiger partial charge in [-0.15, -0.1) is 0 Å². The van der Waals surface area contributed by atoms with Gasteiger partial charge < -0.3 is 25.2 Å². The van der Waals surface area contributed by atoms with Crippen LogP contribution < -0.4 is 0 Å². The van der Waals surface area contributed by atoms with Crippen molar-refractivity contribution in [3.8, 4) is 0 Å². The number of fused-ring (bicyclic) bond motifs is 1. The van der Waals surface area contributed by atoms with Crippen molar-refractivity contribution in [2.24, 2.45) is 0 Å². The average molecular weight is 290 g/mol. The number of aliphatic hydroxyl groups excluding tert-OH is 1. The van der Waals surface area contributed by atoms with Crippen molar-refractivity contribution >= 4 is 5.78 Å². The Hall–Kier alpha value is -2.15. The number of hydrogen-bond donors (Lipinski definition) is 4. The molecule has 3 rings (SSSR count). The third-order valence-corrected chi connectivity index (χ3v) is 3.51. The van der Waals surface area contributed by atoms with E-state index in [2.05, 4.69) is 0 Å². The number of Topliss-reactive ketones (excluding diaryl/α,β-unsaturated/α-hetero) is 1. The predicted molar refractivity (Wildman–Crippen MR) is 70.6 cm³/mol. The van der Waals surface area contributed by atoms with Gasteiger partial charge in [0.05, 0.1) is 18.4 Å². The van der Waals surface area contributed by atoms with Gasteiger partial charge in [0.1, 0.15) is 11.5 Å². The highest BCUT2D eigenvalue weighted by molar-refractivity contribution is 6.01. The number of benzene rings is 1. The highest BCUT2D eigenvalue weighted by atomic mass is 16.6. The van der Waals surface area contributed by atoms with Crippen LogP contribution in [0.2, 0.25) is 0 Å². The van der Waals surface area contributed by atoms with E-state index >= 15 is 0 Å². The number of ether oxygens (including phenoxy) is 1. The second-order valence-corrected chi connectivity index (χ2v) is 5.24. The fraction of sp³-hybridized carbons (Fsp3) is 0.267. The van der Waals surface area contributed by atoms with Gasteiger partial charge in [0.2, 0.25) is 5.79 Å². The summed E-state index contributed by atoms with van der Waals surface area (Å²) in [4.78, 5) is 12.2. The minimum atomic E-state index is -2.32. The van der Waals surface area contributed by atoms with E-state index in [9.17, 15) is 25.2 Å². The molecule has 1 atom stereocenters. The molecular formula is C15H14O6. The van der Waals surface area contributed by atoms with Crippen LogP contribution in [0.3, 0.4) is 0 Å². The van der Waals surface area contributed by atoms with Gasteiger partial charge in [-0.25, -0.2) is 0 Å². The smallest absolute Gasteiger partial charge is 0.242 e. The van der Waals surface area contributed by atoms with E-state index in [-0.39, 0.29) is 17.8 Å². The molecule has 1 unspecified atom stereocenters. The van der Waals surface area contributed by atoms with Crippen molar-refractivity contribution in [1.29, 1.82) is 0 Å². The molecule has 1 aliphatic heterocycles. The molecule has 1 heterocycles. The number of carbonyl (C=O) groups is 1. The van der Waals surface area contributed by atoms with Crippen LogP contribution in [0.25, 0.3) is 0 Å². The Labute approximate surface area is 120 Å². The molecule has 1 aliphatic carbocycles. The maximum Gasteiger partial charge on any atom is 0.242 e. The monoisotopic (exact) mass is 290 g/mol. The first-order chi connectivity index (χ1) is 9.81. The highest BCUT2D eigenvalue weighted by Gasteiger charge is 2.46. The summed E-state index contributed by atoms with van der Waals surface area (Å²) < 4.78 is 5.40. The molecule has 1 aromatic rings. The Morgan fingerprint density at radius 1 is 1.05 bits per heavy atom. The summed E-state index contributed by atoms with van der Waals surface area (Å²) in [7, 11) is 0. The number of carbonyl (C=O) groups excluding carboxylic acids is 1. The van der Waals surface area contributed by atoms with Crippen LogP contribution in [0, 0.1) is 0 Å². The van der Waals surface area contributed by atoms with Gasteiger partial charge in [-0.1, -0.05) is 30.3 Å². The summed E-state index contributed by atoms with van der Waals surface area (Å²) in [6.45, 7) is 0. The minimum Gasteiger partial charge on any atom is -0.511 e. The topological polar surface area (TPSA) is 107 Å². The lowest BCUT2D eigenvalue weighted by atomic mass is 9.87. The normalized spacial score (nSPS) is 27.8.